The topological polar surface area (TPSA) is 25.2 Å². The number of hydrogen-bond acceptors (Lipinski definition) is 3. The van der Waals surface area contributed by atoms with Crippen LogP contribution in [0, 0.1) is 5.92 Å². The first-order chi connectivity index (χ1) is 8.20. The van der Waals surface area contributed by atoms with Gasteiger partial charge in [-0.15, -0.1) is 0 Å². The number of pyridine rings is 1. The molecule has 0 saturated carbocycles. The summed E-state index contributed by atoms with van der Waals surface area (Å²) in [5.41, 5.74) is 3.58. The van der Waals surface area contributed by atoms with Gasteiger partial charge in [0.15, 0.2) is 0 Å². The van der Waals surface area contributed by atoms with Crippen molar-refractivity contribution in [3.05, 3.63) is 35.7 Å². The molecule has 0 unspecified atom stereocenters. The van der Waals surface area contributed by atoms with E-state index in [1.165, 1.54) is 17.6 Å². The summed E-state index contributed by atoms with van der Waals surface area (Å²) in [7, 11) is 0. The van der Waals surface area contributed by atoms with Crippen LogP contribution in [0.5, 0.6) is 0 Å². The van der Waals surface area contributed by atoms with E-state index in [2.05, 4.69) is 53.3 Å². The summed E-state index contributed by atoms with van der Waals surface area (Å²) in [5, 5.41) is 2.44. The van der Waals surface area contributed by atoms with E-state index < -0.39 is 0 Å². The van der Waals surface area contributed by atoms with Gasteiger partial charge in [0.25, 0.3) is 0 Å². The Morgan fingerprint density at radius 1 is 1.53 bits per heavy atom. The van der Waals surface area contributed by atoms with Gasteiger partial charge in [-0.1, -0.05) is 18.6 Å². The van der Waals surface area contributed by atoms with E-state index in [9.17, 15) is 0 Å². The standard InChI is InChI=1S/C14H16N2S/c1-10-5-11(2)7-12(6-10)13-3-4-15-8-14(13)16-9-17/h3-5,8,10,12H,6-7H2,1-2H3/t10-,12-/m0/s1. The number of nitrogens with zero attached hydrogens (tertiary/aromatic N) is 2. The zero-order valence-corrected chi connectivity index (χ0v) is 11.0. The van der Waals surface area contributed by atoms with Gasteiger partial charge in [-0.05, 0) is 55.4 Å². The van der Waals surface area contributed by atoms with Crippen molar-refractivity contribution < 1.29 is 0 Å². The van der Waals surface area contributed by atoms with Crippen LogP contribution in [0.1, 0.15) is 38.2 Å². The normalized spacial score (nSPS) is 23.8. The van der Waals surface area contributed by atoms with Gasteiger partial charge in [0.05, 0.1) is 17.0 Å². The summed E-state index contributed by atoms with van der Waals surface area (Å²) in [5.74, 6) is 1.16. The second-order valence-corrected chi connectivity index (χ2v) is 4.95. The number of thiocarbonyl (C=S) groups is 1. The maximum Gasteiger partial charge on any atom is 0.0957 e. The third kappa shape index (κ3) is 2.87. The molecule has 0 radical (unpaired) electrons. The third-order valence-electron chi connectivity index (χ3n) is 3.23. The number of aliphatic imine (C=N–C) groups is 1. The molecule has 1 aliphatic carbocycles. The number of aromatic nitrogens is 1. The summed E-state index contributed by atoms with van der Waals surface area (Å²) >= 11 is 4.69. The van der Waals surface area contributed by atoms with Gasteiger partial charge in [0.2, 0.25) is 0 Å². The SMILES string of the molecule is CC1=C[C@H](C)C[C@H](c2ccncc2N=C=S)C1. The lowest BCUT2D eigenvalue weighted by Gasteiger charge is -2.26. The van der Waals surface area contributed by atoms with Crippen molar-refractivity contribution in [2.75, 3.05) is 0 Å². The largest absolute Gasteiger partial charge is 0.262 e. The van der Waals surface area contributed by atoms with Gasteiger partial charge in [-0.3, -0.25) is 4.98 Å². The Kier molecular flexibility index (Phi) is 3.82. The van der Waals surface area contributed by atoms with Gasteiger partial charge in [0, 0.05) is 6.20 Å². The van der Waals surface area contributed by atoms with Crippen LogP contribution >= 0.6 is 12.2 Å². The van der Waals surface area contributed by atoms with E-state index in [4.69, 9.17) is 0 Å². The van der Waals surface area contributed by atoms with Crippen molar-refractivity contribution in [3.8, 4) is 0 Å². The van der Waals surface area contributed by atoms with E-state index in [0.29, 0.717) is 11.8 Å². The van der Waals surface area contributed by atoms with Crippen LogP contribution in [-0.4, -0.2) is 10.1 Å². The van der Waals surface area contributed by atoms with Crippen LogP contribution in [-0.2, 0) is 0 Å². The highest BCUT2D eigenvalue weighted by atomic mass is 32.1. The molecule has 1 aliphatic rings. The summed E-state index contributed by atoms with van der Waals surface area (Å²) in [4.78, 5) is 8.22. The molecule has 0 aliphatic heterocycles. The van der Waals surface area contributed by atoms with Gasteiger partial charge in [-0.25, -0.2) is 0 Å². The number of allylic oxidation sites excluding steroid dienone is 2. The average Bonchev–Trinajstić information content (AvgIpc) is 2.29. The average molecular weight is 244 g/mol. The van der Waals surface area contributed by atoms with Crippen molar-refractivity contribution in [2.24, 2.45) is 10.9 Å². The van der Waals surface area contributed by atoms with Crippen LogP contribution in [0.15, 0.2) is 35.1 Å². The van der Waals surface area contributed by atoms with Gasteiger partial charge in [-0.2, -0.15) is 4.99 Å². The molecular weight excluding hydrogens is 228 g/mol. The fraction of sp³-hybridized carbons (Fsp3) is 0.429. The third-order valence-corrected chi connectivity index (χ3v) is 3.32. The maximum absolute atomic E-state index is 4.69. The van der Waals surface area contributed by atoms with E-state index >= 15 is 0 Å². The van der Waals surface area contributed by atoms with Gasteiger partial charge in [0.1, 0.15) is 0 Å². The molecule has 1 aromatic rings. The maximum atomic E-state index is 4.69. The van der Waals surface area contributed by atoms with E-state index in [0.717, 1.165) is 12.1 Å². The quantitative estimate of drug-likeness (QED) is 0.441. The first-order valence-electron chi connectivity index (χ1n) is 5.89. The van der Waals surface area contributed by atoms with E-state index in [-0.39, 0.29) is 0 Å². The Bertz CT molecular complexity index is 487. The minimum absolute atomic E-state index is 0.528. The molecule has 2 rings (SSSR count). The van der Waals surface area contributed by atoms with Crippen molar-refractivity contribution >= 4 is 23.1 Å². The molecular formula is C14H16N2S. The lowest BCUT2D eigenvalue weighted by atomic mass is 9.79. The number of isothiocyanates is 1. The second kappa shape index (κ2) is 5.35. The van der Waals surface area contributed by atoms with Crippen molar-refractivity contribution in [2.45, 2.75) is 32.6 Å². The molecule has 1 aromatic heterocycles. The van der Waals surface area contributed by atoms with E-state index in [1.54, 1.807) is 6.20 Å². The molecule has 2 atom stereocenters. The van der Waals surface area contributed by atoms with Gasteiger partial charge >= 0.3 is 0 Å². The second-order valence-electron chi connectivity index (χ2n) is 4.76. The Morgan fingerprint density at radius 3 is 3.06 bits per heavy atom. The number of rotatable bonds is 2. The lowest BCUT2D eigenvalue weighted by Crippen LogP contribution is -2.10. The van der Waals surface area contributed by atoms with Crippen molar-refractivity contribution in [3.63, 3.8) is 0 Å². The molecule has 0 aromatic carbocycles. The molecule has 0 N–H and O–H groups in total. The highest BCUT2D eigenvalue weighted by molar-refractivity contribution is 7.78. The predicted molar refractivity (Wildman–Crippen MR) is 73.8 cm³/mol. The van der Waals surface area contributed by atoms with Crippen LogP contribution in [0.25, 0.3) is 0 Å². The fourth-order valence-corrected chi connectivity index (χ4v) is 2.76. The Labute approximate surface area is 107 Å². The first kappa shape index (κ1) is 12.2. The highest BCUT2D eigenvalue weighted by Gasteiger charge is 2.21. The highest BCUT2D eigenvalue weighted by Crippen LogP contribution is 2.38. The Morgan fingerprint density at radius 2 is 2.35 bits per heavy atom. The zero-order chi connectivity index (χ0) is 12.3. The fourth-order valence-electron chi connectivity index (χ4n) is 2.66. The summed E-state index contributed by atoms with van der Waals surface area (Å²) in [6.45, 7) is 4.46. The van der Waals surface area contributed by atoms with Crippen molar-refractivity contribution in [1.82, 2.24) is 4.98 Å². The molecule has 0 bridgehead atoms. The minimum Gasteiger partial charge on any atom is -0.262 e. The summed E-state index contributed by atoms with van der Waals surface area (Å²) < 4.78 is 0. The molecule has 0 fully saturated rings. The molecule has 3 heteroatoms. The first-order valence-corrected chi connectivity index (χ1v) is 6.30. The molecule has 0 saturated heterocycles. The Hall–Kier alpha value is -1.31. The molecule has 17 heavy (non-hydrogen) atoms. The molecule has 2 nitrogen and oxygen atoms in total. The summed E-state index contributed by atoms with van der Waals surface area (Å²) in [6, 6.07) is 2.06. The van der Waals surface area contributed by atoms with Crippen LogP contribution in [0.2, 0.25) is 0 Å². The molecule has 1 heterocycles. The zero-order valence-electron chi connectivity index (χ0n) is 10.2. The van der Waals surface area contributed by atoms with Crippen LogP contribution in [0.3, 0.4) is 0 Å². The molecule has 88 valence electrons. The summed E-state index contributed by atoms with van der Waals surface area (Å²) in [6.07, 6.45) is 8.23. The number of hydrogen-bond donors (Lipinski definition) is 0. The monoisotopic (exact) mass is 244 g/mol. The van der Waals surface area contributed by atoms with Crippen LogP contribution < -0.4 is 0 Å². The van der Waals surface area contributed by atoms with Crippen LogP contribution in [0.4, 0.5) is 5.69 Å². The van der Waals surface area contributed by atoms with E-state index in [1.807, 2.05) is 6.20 Å². The van der Waals surface area contributed by atoms with Crippen molar-refractivity contribution in [1.29, 1.82) is 0 Å². The minimum atomic E-state index is 0.528. The molecule has 0 spiro atoms. The predicted octanol–water partition coefficient (Wildman–Crippen LogP) is 4.28. The molecule has 0 amide bonds. The smallest absolute Gasteiger partial charge is 0.0957 e. The Balaban J connectivity index is 2.34. The van der Waals surface area contributed by atoms with Gasteiger partial charge < -0.3 is 0 Å². The lowest BCUT2D eigenvalue weighted by molar-refractivity contribution is 0.500.